The Bertz CT molecular complexity index is 116. The first-order valence-electron chi connectivity index (χ1n) is 3.48. The molecule has 0 atom stereocenters. The Morgan fingerprint density at radius 3 is 2.22 bits per heavy atom. The Morgan fingerprint density at radius 2 is 1.89 bits per heavy atom. The molecule has 0 aliphatic rings. The Kier molecular flexibility index (Phi) is 4.12. The molecule has 0 heterocycles. The highest BCUT2D eigenvalue weighted by molar-refractivity contribution is 5.11. The molecule has 0 aliphatic carbocycles. The van der Waals surface area contributed by atoms with Crippen LogP contribution in [0.2, 0.25) is 0 Å². The van der Waals surface area contributed by atoms with Crippen LogP contribution in [0.5, 0.6) is 0 Å². The summed E-state index contributed by atoms with van der Waals surface area (Å²) in [6.45, 7) is 8.60. The summed E-state index contributed by atoms with van der Waals surface area (Å²) in [5.41, 5.74) is 1.44. The van der Waals surface area contributed by atoms with E-state index < -0.39 is 0 Å². The lowest BCUT2D eigenvalue weighted by Crippen LogP contribution is -1.86. The lowest BCUT2D eigenvalue weighted by Gasteiger charge is -2.01. The van der Waals surface area contributed by atoms with E-state index in [0.29, 0.717) is 5.92 Å². The summed E-state index contributed by atoms with van der Waals surface area (Å²) >= 11 is 0. The summed E-state index contributed by atoms with van der Waals surface area (Å²) in [5, 5.41) is 0. The summed E-state index contributed by atoms with van der Waals surface area (Å²) in [6.07, 6.45) is 6.28. The van der Waals surface area contributed by atoms with Gasteiger partial charge in [0.15, 0.2) is 0 Å². The zero-order valence-corrected chi connectivity index (χ0v) is 6.81. The first kappa shape index (κ1) is 8.48. The fourth-order valence-corrected chi connectivity index (χ4v) is 0.440. The molecule has 0 nitrogen and oxygen atoms in total. The minimum absolute atomic E-state index is 0.682. The van der Waals surface area contributed by atoms with Gasteiger partial charge in [0.1, 0.15) is 0 Å². The molecular weight excluding hydrogens is 108 g/mol. The smallest absolute Gasteiger partial charge is 0.0260 e. The molecule has 9 heavy (non-hydrogen) atoms. The third-order valence-corrected chi connectivity index (χ3v) is 1.46. The van der Waals surface area contributed by atoms with Crippen LogP contribution in [0.25, 0.3) is 0 Å². The molecule has 0 fully saturated rings. The number of hydrogen-bond acceptors (Lipinski definition) is 0. The van der Waals surface area contributed by atoms with E-state index in [4.69, 9.17) is 0 Å². The topological polar surface area (TPSA) is 0 Å². The predicted octanol–water partition coefficient (Wildman–Crippen LogP) is 3.16. The second-order valence-electron chi connectivity index (χ2n) is 2.59. The molecule has 0 radical (unpaired) electrons. The van der Waals surface area contributed by atoms with Crippen LogP contribution in [-0.2, 0) is 0 Å². The van der Waals surface area contributed by atoms with Gasteiger partial charge in [-0.2, -0.15) is 0 Å². The van der Waals surface area contributed by atoms with Gasteiger partial charge in [-0.25, -0.2) is 0 Å². The van der Waals surface area contributed by atoms with Crippen molar-refractivity contribution in [1.29, 1.82) is 0 Å². The number of hydrogen-bond donors (Lipinski definition) is 0. The third kappa shape index (κ3) is 4.01. The SMILES string of the molecule is C/C=C\C=C(/C)C(C)C. The highest BCUT2D eigenvalue weighted by Crippen LogP contribution is 2.06. The van der Waals surface area contributed by atoms with E-state index in [1.165, 1.54) is 5.57 Å². The molecule has 0 saturated carbocycles. The van der Waals surface area contributed by atoms with E-state index in [1.807, 2.05) is 13.0 Å². The fourth-order valence-electron chi connectivity index (χ4n) is 0.440. The molecule has 0 saturated heterocycles. The second kappa shape index (κ2) is 4.37. The average Bonchev–Trinajstić information content (AvgIpc) is 1.82. The van der Waals surface area contributed by atoms with Gasteiger partial charge >= 0.3 is 0 Å². The van der Waals surface area contributed by atoms with Gasteiger partial charge < -0.3 is 0 Å². The zero-order chi connectivity index (χ0) is 7.28. The molecule has 0 spiro atoms. The highest BCUT2D eigenvalue weighted by Gasteiger charge is 1.91. The molecule has 0 unspecified atom stereocenters. The number of rotatable bonds is 2. The average molecular weight is 124 g/mol. The van der Waals surface area contributed by atoms with E-state index in [2.05, 4.69) is 32.9 Å². The Hall–Kier alpha value is -0.520. The van der Waals surface area contributed by atoms with Crippen LogP contribution < -0.4 is 0 Å². The van der Waals surface area contributed by atoms with Crippen molar-refractivity contribution >= 4 is 0 Å². The van der Waals surface area contributed by atoms with Gasteiger partial charge in [-0.1, -0.05) is 37.6 Å². The Labute approximate surface area is 58.3 Å². The normalized spacial score (nSPS) is 13.7. The Morgan fingerprint density at radius 1 is 1.33 bits per heavy atom. The summed E-state index contributed by atoms with van der Waals surface area (Å²) in [5.74, 6) is 0.682. The molecule has 0 heteroatoms. The highest BCUT2D eigenvalue weighted by atomic mass is 14.0. The molecule has 0 bridgehead atoms. The maximum Gasteiger partial charge on any atom is -0.0260 e. The lowest BCUT2D eigenvalue weighted by atomic mass is 10.1. The van der Waals surface area contributed by atoms with Crippen molar-refractivity contribution in [2.45, 2.75) is 27.7 Å². The van der Waals surface area contributed by atoms with Crippen LogP contribution >= 0.6 is 0 Å². The van der Waals surface area contributed by atoms with Crippen molar-refractivity contribution in [3.63, 3.8) is 0 Å². The molecule has 0 aromatic carbocycles. The lowest BCUT2D eigenvalue weighted by molar-refractivity contribution is 0.769. The monoisotopic (exact) mass is 124 g/mol. The van der Waals surface area contributed by atoms with Gasteiger partial charge in [0.05, 0.1) is 0 Å². The summed E-state index contributed by atoms with van der Waals surface area (Å²) < 4.78 is 0. The minimum Gasteiger partial charge on any atom is -0.0877 e. The fraction of sp³-hybridized carbons (Fsp3) is 0.556. The molecular formula is C9H16. The van der Waals surface area contributed by atoms with Gasteiger partial charge in [0.2, 0.25) is 0 Å². The van der Waals surface area contributed by atoms with Crippen molar-refractivity contribution in [1.82, 2.24) is 0 Å². The van der Waals surface area contributed by atoms with Crippen molar-refractivity contribution in [2.24, 2.45) is 5.92 Å². The van der Waals surface area contributed by atoms with Crippen molar-refractivity contribution in [3.05, 3.63) is 23.8 Å². The first-order valence-corrected chi connectivity index (χ1v) is 3.48. The van der Waals surface area contributed by atoms with Crippen molar-refractivity contribution in [2.75, 3.05) is 0 Å². The van der Waals surface area contributed by atoms with Crippen LogP contribution in [0.15, 0.2) is 23.8 Å². The number of allylic oxidation sites excluding steroid dienone is 4. The van der Waals surface area contributed by atoms with Crippen molar-refractivity contribution < 1.29 is 0 Å². The van der Waals surface area contributed by atoms with Crippen LogP contribution in [0.4, 0.5) is 0 Å². The minimum atomic E-state index is 0.682. The third-order valence-electron chi connectivity index (χ3n) is 1.46. The molecule has 0 aromatic rings. The molecule has 0 aliphatic heterocycles. The van der Waals surface area contributed by atoms with E-state index in [1.54, 1.807) is 0 Å². The van der Waals surface area contributed by atoms with Gasteiger partial charge in [0, 0.05) is 0 Å². The maximum atomic E-state index is 2.20. The van der Waals surface area contributed by atoms with Crippen LogP contribution in [0, 0.1) is 5.92 Å². The van der Waals surface area contributed by atoms with Crippen LogP contribution in [0.1, 0.15) is 27.7 Å². The maximum absolute atomic E-state index is 2.20. The molecule has 0 aromatic heterocycles. The van der Waals surface area contributed by atoms with E-state index in [9.17, 15) is 0 Å². The second-order valence-corrected chi connectivity index (χ2v) is 2.59. The van der Waals surface area contributed by atoms with Crippen LogP contribution in [-0.4, -0.2) is 0 Å². The van der Waals surface area contributed by atoms with E-state index in [0.717, 1.165) is 0 Å². The van der Waals surface area contributed by atoms with Gasteiger partial charge in [-0.15, -0.1) is 0 Å². The molecule has 0 amide bonds. The zero-order valence-electron chi connectivity index (χ0n) is 6.81. The molecule has 0 rings (SSSR count). The quantitative estimate of drug-likeness (QED) is 0.496. The molecule has 0 N–H and O–H groups in total. The summed E-state index contributed by atoms with van der Waals surface area (Å²) in [6, 6.07) is 0. The first-order chi connectivity index (χ1) is 4.18. The molecule has 52 valence electrons. The largest absolute Gasteiger partial charge is 0.0877 e. The van der Waals surface area contributed by atoms with E-state index >= 15 is 0 Å². The van der Waals surface area contributed by atoms with E-state index in [-0.39, 0.29) is 0 Å². The summed E-state index contributed by atoms with van der Waals surface area (Å²) in [4.78, 5) is 0. The van der Waals surface area contributed by atoms with Gasteiger partial charge in [0.25, 0.3) is 0 Å². The van der Waals surface area contributed by atoms with Gasteiger partial charge in [-0.3, -0.25) is 0 Å². The standard InChI is InChI=1S/C9H16/c1-5-6-7-9(4)8(2)3/h5-8H,1-4H3/b6-5-,9-7+. The predicted molar refractivity (Wildman–Crippen MR) is 43.4 cm³/mol. The van der Waals surface area contributed by atoms with Gasteiger partial charge in [-0.05, 0) is 19.8 Å². The summed E-state index contributed by atoms with van der Waals surface area (Å²) in [7, 11) is 0. The Balaban J connectivity index is 3.84. The van der Waals surface area contributed by atoms with Crippen LogP contribution in [0.3, 0.4) is 0 Å². The van der Waals surface area contributed by atoms with Crippen molar-refractivity contribution in [3.8, 4) is 0 Å².